The number of ether oxygens (including phenoxy) is 2. The first-order valence-corrected chi connectivity index (χ1v) is 3.54. The zero-order chi connectivity index (χ0) is 9.56. The lowest BCUT2D eigenvalue weighted by Gasteiger charge is -2.00. The number of esters is 1. The van der Waals surface area contributed by atoms with E-state index in [1.807, 2.05) is 0 Å². The summed E-state index contributed by atoms with van der Waals surface area (Å²) in [5, 5.41) is 0. The van der Waals surface area contributed by atoms with Gasteiger partial charge in [-0.25, -0.2) is 4.79 Å². The van der Waals surface area contributed by atoms with E-state index >= 15 is 0 Å². The molecule has 0 atom stereocenters. The van der Waals surface area contributed by atoms with Gasteiger partial charge in [0.25, 0.3) is 0 Å². The van der Waals surface area contributed by atoms with Crippen molar-refractivity contribution < 1.29 is 19.1 Å². The molecule has 0 aromatic rings. The number of Topliss-reactive ketones (excluding diaryl/α,β-unsaturated/α-hetero) is 1. The first-order chi connectivity index (χ1) is 5.63. The Balaban J connectivity index is 4.43. The predicted molar refractivity (Wildman–Crippen MR) is 42.4 cm³/mol. The zero-order valence-corrected chi connectivity index (χ0v) is 7.42. The topological polar surface area (TPSA) is 52.6 Å². The molecule has 0 unspecified atom stereocenters. The molecule has 4 heteroatoms. The molecule has 0 bridgehead atoms. The Morgan fingerprint density at radius 1 is 1.42 bits per heavy atom. The van der Waals surface area contributed by atoms with Gasteiger partial charge < -0.3 is 9.47 Å². The molecule has 0 amide bonds. The van der Waals surface area contributed by atoms with Crippen molar-refractivity contribution in [3.63, 3.8) is 0 Å². The zero-order valence-electron chi connectivity index (χ0n) is 7.42. The van der Waals surface area contributed by atoms with Crippen LogP contribution in [0.5, 0.6) is 0 Å². The molecule has 0 saturated heterocycles. The van der Waals surface area contributed by atoms with Gasteiger partial charge in [0.2, 0.25) is 0 Å². The maximum atomic E-state index is 10.9. The van der Waals surface area contributed by atoms with Crippen molar-refractivity contribution in [1.82, 2.24) is 0 Å². The molecular formula is C8H12O4. The van der Waals surface area contributed by atoms with Gasteiger partial charge in [0, 0.05) is 0 Å². The summed E-state index contributed by atoms with van der Waals surface area (Å²) in [7, 11) is 1.21. The summed E-state index contributed by atoms with van der Waals surface area (Å²) in [6.45, 7) is 3.45. The van der Waals surface area contributed by atoms with Crippen molar-refractivity contribution in [1.29, 1.82) is 0 Å². The van der Waals surface area contributed by atoms with Crippen LogP contribution in [0.2, 0.25) is 0 Å². The lowest BCUT2D eigenvalue weighted by molar-refractivity contribution is -0.137. The minimum absolute atomic E-state index is 0.0700. The molecule has 0 fully saturated rings. The smallest absolute Gasteiger partial charge is 0.344 e. The lowest BCUT2D eigenvalue weighted by Crippen LogP contribution is -2.12. The summed E-state index contributed by atoms with van der Waals surface area (Å²) < 4.78 is 9.16. The molecule has 0 spiro atoms. The van der Waals surface area contributed by atoms with Crippen LogP contribution in [-0.4, -0.2) is 25.5 Å². The number of rotatable bonds is 4. The second-order valence-corrected chi connectivity index (χ2v) is 2.03. The van der Waals surface area contributed by atoms with Gasteiger partial charge in [-0.3, -0.25) is 4.79 Å². The number of carbonyl (C=O) groups excluding carboxylic acids is 2. The maximum absolute atomic E-state index is 10.9. The summed E-state index contributed by atoms with van der Waals surface area (Å²) >= 11 is 0. The summed E-state index contributed by atoms with van der Waals surface area (Å²) in [6, 6.07) is 0. The predicted octanol–water partition coefficient (Wildman–Crippen LogP) is 0.669. The number of methoxy groups -OCH3 is 1. The first-order valence-electron chi connectivity index (χ1n) is 3.54. The third kappa shape index (κ3) is 3.18. The molecule has 0 aromatic carbocycles. The highest BCUT2D eigenvalue weighted by atomic mass is 16.5. The van der Waals surface area contributed by atoms with Crippen molar-refractivity contribution in [3.05, 3.63) is 11.8 Å². The molecular weight excluding hydrogens is 160 g/mol. The Morgan fingerprint density at radius 2 is 2.00 bits per heavy atom. The summed E-state index contributed by atoms with van der Waals surface area (Å²) in [5.41, 5.74) is -0.0700. The van der Waals surface area contributed by atoms with E-state index in [2.05, 4.69) is 4.74 Å². The van der Waals surface area contributed by atoms with Crippen molar-refractivity contribution in [2.45, 2.75) is 13.8 Å². The molecule has 12 heavy (non-hydrogen) atoms. The van der Waals surface area contributed by atoms with Gasteiger partial charge >= 0.3 is 5.97 Å². The normalized spacial score (nSPS) is 10.8. The van der Waals surface area contributed by atoms with Crippen LogP contribution < -0.4 is 0 Å². The van der Waals surface area contributed by atoms with E-state index in [-0.39, 0.29) is 11.4 Å². The van der Waals surface area contributed by atoms with E-state index in [1.165, 1.54) is 14.0 Å². The number of hydrogen-bond acceptors (Lipinski definition) is 4. The molecule has 0 aliphatic heterocycles. The van der Waals surface area contributed by atoms with Gasteiger partial charge in [0.15, 0.2) is 5.78 Å². The third-order valence-corrected chi connectivity index (χ3v) is 1.15. The highest BCUT2D eigenvalue weighted by Gasteiger charge is 2.14. The Hall–Kier alpha value is -1.32. The fraction of sp³-hybridized carbons (Fsp3) is 0.500. The number of ketones is 1. The second kappa shape index (κ2) is 5.35. The minimum atomic E-state index is -0.670. The molecule has 0 rings (SSSR count). The van der Waals surface area contributed by atoms with Crippen LogP contribution in [0.15, 0.2) is 11.8 Å². The average molecular weight is 172 g/mol. The van der Waals surface area contributed by atoms with Gasteiger partial charge in [-0.2, -0.15) is 0 Å². The second-order valence-electron chi connectivity index (χ2n) is 2.03. The fourth-order valence-corrected chi connectivity index (χ4v) is 0.551. The molecule has 0 radical (unpaired) electrons. The SMILES string of the molecule is CCO/C=C(/C(C)=O)C(=O)OC. The van der Waals surface area contributed by atoms with Crippen LogP contribution in [0, 0.1) is 0 Å². The quantitative estimate of drug-likeness (QED) is 0.205. The van der Waals surface area contributed by atoms with E-state index < -0.39 is 5.97 Å². The van der Waals surface area contributed by atoms with E-state index in [1.54, 1.807) is 6.92 Å². The Labute approximate surface area is 71.2 Å². The van der Waals surface area contributed by atoms with Gasteiger partial charge in [-0.15, -0.1) is 0 Å². The molecule has 0 aliphatic carbocycles. The number of carbonyl (C=O) groups is 2. The average Bonchev–Trinajstić information content (AvgIpc) is 2.04. The van der Waals surface area contributed by atoms with E-state index in [0.29, 0.717) is 6.61 Å². The van der Waals surface area contributed by atoms with Gasteiger partial charge in [0.1, 0.15) is 11.8 Å². The number of hydrogen-bond donors (Lipinski definition) is 0. The van der Waals surface area contributed by atoms with E-state index in [9.17, 15) is 9.59 Å². The van der Waals surface area contributed by atoms with Crippen LogP contribution >= 0.6 is 0 Å². The van der Waals surface area contributed by atoms with Crippen LogP contribution in [0.3, 0.4) is 0 Å². The Kier molecular flexibility index (Phi) is 4.76. The first kappa shape index (κ1) is 10.7. The van der Waals surface area contributed by atoms with Crippen molar-refractivity contribution in [2.75, 3.05) is 13.7 Å². The van der Waals surface area contributed by atoms with Gasteiger partial charge in [0.05, 0.1) is 13.7 Å². The van der Waals surface area contributed by atoms with E-state index in [4.69, 9.17) is 4.74 Å². The molecule has 0 aromatic heterocycles. The molecule has 68 valence electrons. The lowest BCUT2D eigenvalue weighted by atomic mass is 10.2. The highest BCUT2D eigenvalue weighted by molar-refractivity contribution is 6.16. The summed E-state index contributed by atoms with van der Waals surface area (Å²) in [5.74, 6) is -1.04. The third-order valence-electron chi connectivity index (χ3n) is 1.15. The maximum Gasteiger partial charge on any atom is 0.344 e. The molecule has 0 N–H and O–H groups in total. The minimum Gasteiger partial charge on any atom is -0.500 e. The van der Waals surface area contributed by atoms with Gasteiger partial charge in [-0.05, 0) is 13.8 Å². The Bertz CT molecular complexity index is 205. The van der Waals surface area contributed by atoms with Crippen LogP contribution in [0.1, 0.15) is 13.8 Å². The van der Waals surface area contributed by atoms with Crippen molar-refractivity contribution in [2.24, 2.45) is 0 Å². The molecule has 0 heterocycles. The van der Waals surface area contributed by atoms with Gasteiger partial charge in [-0.1, -0.05) is 0 Å². The van der Waals surface area contributed by atoms with E-state index in [0.717, 1.165) is 6.26 Å². The largest absolute Gasteiger partial charge is 0.500 e. The van der Waals surface area contributed by atoms with Crippen molar-refractivity contribution in [3.8, 4) is 0 Å². The standard InChI is InChI=1S/C8H12O4/c1-4-12-5-7(6(2)9)8(10)11-3/h5H,4H2,1-3H3/b7-5-. The van der Waals surface area contributed by atoms with Crippen LogP contribution in [0.25, 0.3) is 0 Å². The highest BCUT2D eigenvalue weighted by Crippen LogP contribution is 1.99. The Morgan fingerprint density at radius 3 is 2.33 bits per heavy atom. The molecule has 4 nitrogen and oxygen atoms in total. The van der Waals surface area contributed by atoms with Crippen LogP contribution in [-0.2, 0) is 19.1 Å². The fourth-order valence-electron chi connectivity index (χ4n) is 0.551. The summed E-state index contributed by atoms with van der Waals surface area (Å²) in [4.78, 5) is 21.7. The summed E-state index contributed by atoms with van der Waals surface area (Å²) in [6.07, 6.45) is 1.12. The monoisotopic (exact) mass is 172 g/mol. The molecule has 0 saturated carbocycles. The molecule has 0 aliphatic rings. The van der Waals surface area contributed by atoms with Crippen molar-refractivity contribution >= 4 is 11.8 Å². The van der Waals surface area contributed by atoms with Crippen LogP contribution in [0.4, 0.5) is 0 Å².